The van der Waals surface area contributed by atoms with Gasteiger partial charge in [-0.1, -0.05) is 317 Å². The normalized spacial score (nSPS) is 10.3. The largest absolute Gasteiger partial charge is 0.478 e. The molecule has 0 radical (unpaired) electrons. The molecule has 0 amide bonds. The van der Waals surface area contributed by atoms with Gasteiger partial charge in [-0.2, -0.15) is 47.0 Å². The Morgan fingerprint density at radius 2 is 0.427 bits per heavy atom. The van der Waals surface area contributed by atoms with Crippen molar-refractivity contribution in [1.82, 2.24) is 9.80 Å². The Balaban J connectivity index is -0.000000243. The van der Waals surface area contributed by atoms with Crippen molar-refractivity contribution < 1.29 is 39.6 Å². The van der Waals surface area contributed by atoms with Crippen molar-refractivity contribution in [2.75, 3.05) is 74.2 Å². The molecule has 0 atom stereocenters. The first kappa shape index (κ1) is 98.8. The highest BCUT2D eigenvalue weighted by Gasteiger charge is 2.08. The van der Waals surface area contributed by atoms with E-state index in [0.717, 1.165) is 31.7 Å². The third-order valence-electron chi connectivity index (χ3n) is 13.8. The molecule has 0 bridgehead atoms. The molecule has 89 heavy (non-hydrogen) atoms. The van der Waals surface area contributed by atoms with Gasteiger partial charge in [0.15, 0.2) is 0 Å². The van der Waals surface area contributed by atoms with Crippen LogP contribution in [-0.4, -0.2) is 137 Å². The lowest BCUT2D eigenvalue weighted by Crippen LogP contribution is -2.18. The van der Waals surface area contributed by atoms with Crippen LogP contribution in [0.1, 0.15) is 292 Å². The maximum Gasteiger partial charge on any atom is 0.331 e. The van der Waals surface area contributed by atoms with E-state index in [2.05, 4.69) is 54.0 Å². The maximum atomic E-state index is 10.5. The Kier molecular flexibility index (Phi) is 89.9. The van der Waals surface area contributed by atoms with Crippen LogP contribution in [0.5, 0.6) is 0 Å². The standard InChI is InChI=1S/4C16H30O2S.C6H12N2S4.CH4/c4*1-3-4-5-6-7-8-9-10-11-12-13-19-14-15(2)16(17)18;1-7(2)5(9)11-12-6(10)8(3)4;/h4*2-14H2,1H3,(H,17,18);1-4H3;1H4. The van der Waals surface area contributed by atoms with E-state index >= 15 is 0 Å². The SMILES string of the molecule is C.C=C(CSCCCCCCCCCCCC)C(=O)O.C=C(CSCCCCCCCCCCCC)C(=O)O.C=C(CSCCCCCCCCCCCC)C(=O)O.C=C(CSCCCCCCCCCCCC)C(=O)O.CN(C)C(=S)SSC(=S)N(C)C. The molecule has 526 valence electrons. The summed E-state index contributed by atoms with van der Waals surface area (Å²) in [5.41, 5.74) is 1.27. The van der Waals surface area contributed by atoms with Crippen molar-refractivity contribution in [3.05, 3.63) is 48.6 Å². The van der Waals surface area contributed by atoms with Crippen molar-refractivity contribution in [1.29, 1.82) is 0 Å². The molecule has 0 spiro atoms. The van der Waals surface area contributed by atoms with E-state index in [0.29, 0.717) is 45.3 Å². The van der Waals surface area contributed by atoms with Crippen LogP contribution in [-0.2, 0) is 19.2 Å². The van der Waals surface area contributed by atoms with Gasteiger partial charge in [-0.25, -0.2) is 19.2 Å². The van der Waals surface area contributed by atoms with Crippen LogP contribution in [0.2, 0.25) is 0 Å². The van der Waals surface area contributed by atoms with E-state index in [1.54, 1.807) is 47.0 Å². The van der Waals surface area contributed by atoms with E-state index < -0.39 is 23.9 Å². The highest BCUT2D eigenvalue weighted by molar-refractivity contribution is 8.89. The summed E-state index contributed by atoms with van der Waals surface area (Å²) in [5, 5.41) is 34.6. The Morgan fingerprint density at radius 1 is 0.292 bits per heavy atom. The average molecular weight is 1400 g/mol. The summed E-state index contributed by atoms with van der Waals surface area (Å²) in [5.74, 6) is 3.02. The van der Waals surface area contributed by atoms with E-state index in [1.165, 1.54) is 278 Å². The predicted molar refractivity (Wildman–Crippen MR) is 418 cm³/mol. The minimum Gasteiger partial charge on any atom is -0.478 e. The number of rotatable bonds is 56. The molecule has 0 aromatic carbocycles. The number of thioether (sulfide) groups is 4. The van der Waals surface area contributed by atoms with Gasteiger partial charge in [0.2, 0.25) is 0 Å². The summed E-state index contributed by atoms with van der Waals surface area (Å²) in [6.45, 7) is 23.1. The molecule has 0 aromatic rings. The summed E-state index contributed by atoms with van der Waals surface area (Å²) in [6.07, 6.45) is 53.9. The van der Waals surface area contributed by atoms with Crippen molar-refractivity contribution in [3.8, 4) is 0 Å². The molecule has 0 aliphatic heterocycles. The van der Waals surface area contributed by atoms with Crippen LogP contribution in [0.3, 0.4) is 0 Å². The second kappa shape index (κ2) is 81.0. The lowest BCUT2D eigenvalue weighted by Gasteiger charge is -2.15. The van der Waals surface area contributed by atoms with E-state index in [9.17, 15) is 19.2 Å². The molecule has 0 aliphatic rings. The first-order valence-electron chi connectivity index (χ1n) is 33.9. The molecular formula is C71H136N2O8S8. The number of carboxylic acid groups (broad SMARTS) is 4. The molecule has 18 heteroatoms. The number of carbonyl (C=O) groups is 4. The maximum absolute atomic E-state index is 10.5. The average Bonchev–Trinajstić information content (AvgIpc) is 3.52. The molecule has 10 nitrogen and oxygen atoms in total. The van der Waals surface area contributed by atoms with Gasteiger partial charge in [-0.3, -0.25) is 0 Å². The van der Waals surface area contributed by atoms with Crippen molar-refractivity contribution in [2.45, 2.75) is 292 Å². The summed E-state index contributed by atoms with van der Waals surface area (Å²) in [6, 6.07) is 0. The fourth-order valence-electron chi connectivity index (χ4n) is 8.02. The summed E-state index contributed by atoms with van der Waals surface area (Å²) in [4.78, 5) is 45.9. The number of carboxylic acids is 4. The lowest BCUT2D eigenvalue weighted by atomic mass is 10.1. The Bertz CT molecular complexity index is 1480. The number of hydrogen-bond acceptors (Lipinski definition) is 12. The van der Waals surface area contributed by atoms with Crippen LogP contribution in [0, 0.1) is 0 Å². The zero-order valence-corrected chi connectivity index (χ0v) is 63.9. The minimum atomic E-state index is -0.865. The first-order valence-corrected chi connectivity index (χ1v) is 41.5. The third-order valence-corrected chi connectivity index (χ3v) is 22.5. The van der Waals surface area contributed by atoms with E-state index in [1.807, 2.05) is 38.0 Å². The summed E-state index contributed by atoms with van der Waals surface area (Å²) in [7, 11) is 10.7. The van der Waals surface area contributed by atoms with Gasteiger partial charge in [-0.15, -0.1) is 0 Å². The number of nitrogens with zero attached hydrogens (tertiary/aromatic N) is 2. The van der Waals surface area contributed by atoms with E-state index in [4.69, 9.17) is 44.9 Å². The van der Waals surface area contributed by atoms with E-state index in [-0.39, 0.29) is 7.43 Å². The number of aliphatic carboxylic acids is 4. The molecule has 0 saturated carbocycles. The van der Waals surface area contributed by atoms with Gasteiger partial charge in [-0.05, 0) is 70.3 Å². The van der Waals surface area contributed by atoms with Gasteiger partial charge in [0.05, 0.1) is 0 Å². The monoisotopic (exact) mass is 1400 g/mol. The molecule has 4 N–H and O–H groups in total. The highest BCUT2D eigenvalue weighted by Crippen LogP contribution is 2.26. The smallest absolute Gasteiger partial charge is 0.331 e. The second-order valence-electron chi connectivity index (χ2n) is 23.1. The predicted octanol–water partition coefficient (Wildman–Crippen LogP) is 23.8. The molecule has 0 heterocycles. The molecule has 0 saturated heterocycles. The van der Waals surface area contributed by atoms with Crippen molar-refractivity contribution in [3.63, 3.8) is 0 Å². The topological polar surface area (TPSA) is 156 Å². The fourth-order valence-corrected chi connectivity index (χ4v) is 14.1. The highest BCUT2D eigenvalue weighted by atomic mass is 33.1. The fraction of sp³-hybridized carbons (Fsp3) is 0.803. The molecule has 0 aliphatic carbocycles. The van der Waals surface area contributed by atoms with Crippen LogP contribution >= 0.6 is 93.1 Å². The minimum absolute atomic E-state index is 0. The summed E-state index contributed by atoms with van der Waals surface area (Å²) < 4.78 is 1.67. The Labute approximate surface area is 585 Å². The van der Waals surface area contributed by atoms with Gasteiger partial charge in [0.25, 0.3) is 0 Å². The number of hydrogen-bond donors (Lipinski definition) is 4. The van der Waals surface area contributed by atoms with Crippen LogP contribution < -0.4 is 0 Å². The molecular weight excluding hydrogens is 1270 g/mol. The van der Waals surface area contributed by atoms with Crippen LogP contribution in [0.25, 0.3) is 0 Å². The number of thiocarbonyl (C=S) groups is 2. The van der Waals surface area contributed by atoms with Crippen molar-refractivity contribution in [2.24, 2.45) is 0 Å². The van der Waals surface area contributed by atoms with Gasteiger partial charge in [0, 0.05) is 73.5 Å². The number of unbranched alkanes of at least 4 members (excludes halogenated alkanes) is 36. The Hall–Kier alpha value is -1.28. The molecule has 0 unspecified atom stereocenters. The van der Waals surface area contributed by atoms with Crippen molar-refractivity contribution >= 4 is 126 Å². The molecule has 0 rings (SSSR count). The zero-order valence-electron chi connectivity index (χ0n) is 57.4. The molecule has 0 fully saturated rings. The van der Waals surface area contributed by atoms with Gasteiger partial charge < -0.3 is 30.2 Å². The third kappa shape index (κ3) is 88.8. The first-order chi connectivity index (χ1) is 42.2. The lowest BCUT2D eigenvalue weighted by molar-refractivity contribution is -0.133. The van der Waals surface area contributed by atoms with Gasteiger partial charge in [0.1, 0.15) is 8.64 Å². The second-order valence-corrected chi connectivity index (χ2v) is 30.9. The molecule has 0 aromatic heterocycles. The van der Waals surface area contributed by atoms with Crippen LogP contribution in [0.15, 0.2) is 48.6 Å². The Morgan fingerprint density at radius 3 is 0.551 bits per heavy atom. The quantitative estimate of drug-likeness (QED) is 0.0197. The zero-order chi connectivity index (χ0) is 67.1. The van der Waals surface area contributed by atoms with Crippen LogP contribution in [0.4, 0.5) is 0 Å². The van der Waals surface area contributed by atoms with Gasteiger partial charge >= 0.3 is 23.9 Å². The summed E-state index contributed by atoms with van der Waals surface area (Å²) >= 11 is 16.9.